The Morgan fingerprint density at radius 2 is 2.11 bits per heavy atom. The predicted molar refractivity (Wildman–Crippen MR) is 72.6 cm³/mol. The number of hydrogen-bond acceptors (Lipinski definition) is 3. The number of pyridine rings is 1. The lowest BCUT2D eigenvalue weighted by Crippen LogP contribution is -2.42. The molecule has 0 spiro atoms. The van der Waals surface area contributed by atoms with Gasteiger partial charge in [0.15, 0.2) is 0 Å². The number of carbonyl (C=O) groups is 2. The molecule has 6 nitrogen and oxygen atoms in total. The van der Waals surface area contributed by atoms with Crippen molar-refractivity contribution in [2.24, 2.45) is 0 Å². The predicted octanol–water partition coefficient (Wildman–Crippen LogP) is 0.838. The number of nitrogens with zero attached hydrogens (tertiary/aromatic N) is 2. The molecule has 0 saturated carbocycles. The molecule has 0 aliphatic heterocycles. The van der Waals surface area contributed by atoms with Gasteiger partial charge in [-0.2, -0.15) is 0 Å². The van der Waals surface area contributed by atoms with Gasteiger partial charge in [-0.1, -0.05) is 6.07 Å². The average Bonchev–Trinajstić information content (AvgIpc) is 2.36. The number of aryl methyl sites for hydroxylation is 1. The molecule has 104 valence electrons. The molecule has 0 aliphatic carbocycles. The van der Waals surface area contributed by atoms with E-state index in [9.17, 15) is 9.59 Å². The maximum atomic E-state index is 11.7. The van der Waals surface area contributed by atoms with Gasteiger partial charge >= 0.3 is 6.03 Å². The van der Waals surface area contributed by atoms with E-state index in [1.165, 1.54) is 4.90 Å². The second-order valence-corrected chi connectivity index (χ2v) is 4.55. The summed E-state index contributed by atoms with van der Waals surface area (Å²) in [6, 6.07) is 3.31. The first-order valence-corrected chi connectivity index (χ1v) is 6.08. The van der Waals surface area contributed by atoms with Crippen molar-refractivity contribution in [3.05, 3.63) is 29.6 Å². The standard InChI is InChI=1S/C13H20N4O2/c1-9-6-5-7-14-12(9)10(2)16-11(18)8-15-13(19)17(3)4/h5-7,10H,8H2,1-4H3,(H,15,19)(H,16,18)/t10-/m1/s1. The van der Waals surface area contributed by atoms with Crippen LogP contribution >= 0.6 is 0 Å². The SMILES string of the molecule is Cc1cccnc1[C@@H](C)NC(=O)CNC(=O)N(C)C. The van der Waals surface area contributed by atoms with Crippen LogP contribution in [0.3, 0.4) is 0 Å². The summed E-state index contributed by atoms with van der Waals surface area (Å²) in [7, 11) is 3.24. The molecule has 0 unspecified atom stereocenters. The lowest BCUT2D eigenvalue weighted by molar-refractivity contribution is -0.120. The second kappa shape index (κ2) is 6.72. The van der Waals surface area contributed by atoms with Crippen LogP contribution < -0.4 is 10.6 Å². The van der Waals surface area contributed by atoms with Gasteiger partial charge in [-0.05, 0) is 25.5 Å². The van der Waals surface area contributed by atoms with E-state index in [0.717, 1.165) is 11.3 Å². The molecule has 0 saturated heterocycles. The number of amides is 3. The summed E-state index contributed by atoms with van der Waals surface area (Å²) in [5, 5.41) is 5.30. The fourth-order valence-corrected chi connectivity index (χ4v) is 1.63. The van der Waals surface area contributed by atoms with E-state index in [4.69, 9.17) is 0 Å². The van der Waals surface area contributed by atoms with Crippen molar-refractivity contribution in [2.45, 2.75) is 19.9 Å². The Hall–Kier alpha value is -2.11. The summed E-state index contributed by atoms with van der Waals surface area (Å²) in [6.45, 7) is 3.76. The van der Waals surface area contributed by atoms with Gasteiger partial charge in [0.05, 0.1) is 18.3 Å². The van der Waals surface area contributed by atoms with Crippen LogP contribution in [0.2, 0.25) is 0 Å². The zero-order valence-electron chi connectivity index (χ0n) is 11.7. The minimum atomic E-state index is -0.295. The molecule has 6 heteroatoms. The van der Waals surface area contributed by atoms with Gasteiger partial charge in [0.2, 0.25) is 5.91 Å². The van der Waals surface area contributed by atoms with Gasteiger partial charge in [-0.3, -0.25) is 9.78 Å². The van der Waals surface area contributed by atoms with Crippen LogP contribution in [0, 0.1) is 6.92 Å². The molecule has 0 aliphatic rings. The van der Waals surface area contributed by atoms with Crippen LogP contribution in [0.5, 0.6) is 0 Å². The molecule has 3 amide bonds. The van der Waals surface area contributed by atoms with Gasteiger partial charge in [0.1, 0.15) is 0 Å². The van der Waals surface area contributed by atoms with Crippen LogP contribution in [0.4, 0.5) is 4.79 Å². The Balaban J connectivity index is 2.49. The maximum absolute atomic E-state index is 11.7. The van der Waals surface area contributed by atoms with Gasteiger partial charge in [0, 0.05) is 20.3 Å². The van der Waals surface area contributed by atoms with Crippen molar-refractivity contribution in [1.29, 1.82) is 0 Å². The average molecular weight is 264 g/mol. The fourth-order valence-electron chi connectivity index (χ4n) is 1.63. The minimum Gasteiger partial charge on any atom is -0.346 e. The van der Waals surface area contributed by atoms with Gasteiger partial charge < -0.3 is 15.5 Å². The molecule has 0 bridgehead atoms. The number of rotatable bonds is 4. The minimum absolute atomic E-state index is 0.0484. The second-order valence-electron chi connectivity index (χ2n) is 4.55. The zero-order chi connectivity index (χ0) is 14.4. The number of nitrogens with one attached hydrogen (secondary N) is 2. The van der Waals surface area contributed by atoms with Crippen molar-refractivity contribution in [1.82, 2.24) is 20.5 Å². The molecule has 19 heavy (non-hydrogen) atoms. The molecule has 0 radical (unpaired) electrons. The zero-order valence-corrected chi connectivity index (χ0v) is 11.7. The van der Waals surface area contributed by atoms with E-state index in [2.05, 4.69) is 15.6 Å². The van der Waals surface area contributed by atoms with Crippen LogP contribution in [0.15, 0.2) is 18.3 Å². The molecule has 1 heterocycles. The highest BCUT2D eigenvalue weighted by molar-refractivity contribution is 5.83. The molecule has 0 aromatic carbocycles. The van der Waals surface area contributed by atoms with Crippen molar-refractivity contribution >= 4 is 11.9 Å². The smallest absolute Gasteiger partial charge is 0.317 e. The molecule has 1 atom stereocenters. The summed E-state index contributed by atoms with van der Waals surface area (Å²) in [4.78, 5) is 28.6. The highest BCUT2D eigenvalue weighted by atomic mass is 16.2. The number of urea groups is 1. The summed E-state index contributed by atoms with van der Waals surface area (Å²) in [5.41, 5.74) is 1.85. The quantitative estimate of drug-likeness (QED) is 0.846. The highest BCUT2D eigenvalue weighted by Crippen LogP contribution is 2.13. The maximum Gasteiger partial charge on any atom is 0.317 e. The molecule has 1 aromatic heterocycles. The molecule has 2 N–H and O–H groups in total. The third-order valence-electron chi connectivity index (χ3n) is 2.64. The van der Waals surface area contributed by atoms with Crippen molar-refractivity contribution in [3.63, 3.8) is 0 Å². The third kappa shape index (κ3) is 4.57. The normalized spacial score (nSPS) is 11.6. The summed E-state index contributed by atoms with van der Waals surface area (Å²) in [6.07, 6.45) is 1.69. The van der Waals surface area contributed by atoms with E-state index in [1.54, 1.807) is 20.3 Å². The Kier molecular flexibility index (Phi) is 5.29. The van der Waals surface area contributed by atoms with Gasteiger partial charge in [-0.25, -0.2) is 4.79 Å². The Labute approximate surface area is 113 Å². The topological polar surface area (TPSA) is 74.3 Å². The molecule has 0 fully saturated rings. The van der Waals surface area contributed by atoms with Crippen LogP contribution in [0.1, 0.15) is 24.2 Å². The number of aromatic nitrogens is 1. The van der Waals surface area contributed by atoms with Gasteiger partial charge in [0.25, 0.3) is 0 Å². The summed E-state index contributed by atoms with van der Waals surface area (Å²) in [5.74, 6) is -0.243. The third-order valence-corrected chi connectivity index (χ3v) is 2.64. The van der Waals surface area contributed by atoms with Gasteiger partial charge in [-0.15, -0.1) is 0 Å². The molecular formula is C13H20N4O2. The van der Waals surface area contributed by atoms with Crippen LogP contribution in [-0.4, -0.2) is 42.5 Å². The highest BCUT2D eigenvalue weighted by Gasteiger charge is 2.13. The largest absolute Gasteiger partial charge is 0.346 e. The summed E-state index contributed by atoms with van der Waals surface area (Å²) >= 11 is 0. The van der Waals surface area contributed by atoms with Crippen molar-refractivity contribution < 1.29 is 9.59 Å². The van der Waals surface area contributed by atoms with Crippen LogP contribution in [0.25, 0.3) is 0 Å². The van der Waals surface area contributed by atoms with Crippen molar-refractivity contribution in [3.8, 4) is 0 Å². The summed E-state index contributed by atoms with van der Waals surface area (Å²) < 4.78 is 0. The molecule has 1 rings (SSSR count). The lowest BCUT2D eigenvalue weighted by Gasteiger charge is -2.16. The van der Waals surface area contributed by atoms with Crippen LogP contribution in [-0.2, 0) is 4.79 Å². The number of carbonyl (C=O) groups excluding carboxylic acids is 2. The Morgan fingerprint density at radius 3 is 2.68 bits per heavy atom. The molecule has 1 aromatic rings. The fraction of sp³-hybridized carbons (Fsp3) is 0.462. The van der Waals surface area contributed by atoms with Crippen molar-refractivity contribution in [2.75, 3.05) is 20.6 Å². The first-order chi connectivity index (χ1) is 8.91. The van der Waals surface area contributed by atoms with E-state index >= 15 is 0 Å². The van der Waals surface area contributed by atoms with E-state index in [1.807, 2.05) is 26.0 Å². The first kappa shape index (κ1) is 14.9. The van der Waals surface area contributed by atoms with E-state index in [0.29, 0.717) is 0 Å². The Bertz CT molecular complexity index is 460. The van der Waals surface area contributed by atoms with E-state index < -0.39 is 0 Å². The monoisotopic (exact) mass is 264 g/mol. The van der Waals surface area contributed by atoms with E-state index in [-0.39, 0.29) is 24.5 Å². The molecular weight excluding hydrogens is 244 g/mol. The lowest BCUT2D eigenvalue weighted by atomic mass is 10.1. The first-order valence-electron chi connectivity index (χ1n) is 6.08. The Morgan fingerprint density at radius 1 is 1.42 bits per heavy atom. The number of hydrogen-bond donors (Lipinski definition) is 2.